The lowest BCUT2D eigenvalue weighted by Crippen LogP contribution is -2.09. The molecule has 0 bridgehead atoms. The summed E-state index contributed by atoms with van der Waals surface area (Å²) in [4.78, 5) is 4.64. The molecule has 2 aromatic heterocycles. The minimum atomic E-state index is 0.760. The monoisotopic (exact) mass is 844 g/mol. The maximum atomic E-state index is 6.81. The van der Waals surface area contributed by atoms with Crippen LogP contribution in [0.25, 0.3) is 87.7 Å². The van der Waals surface area contributed by atoms with Crippen molar-refractivity contribution in [2.45, 2.75) is 0 Å². The summed E-state index contributed by atoms with van der Waals surface area (Å²) in [6.07, 6.45) is 0. The largest absolute Gasteiger partial charge is 0.452 e. The maximum Gasteiger partial charge on any atom is 0.178 e. The van der Waals surface area contributed by atoms with Gasteiger partial charge >= 0.3 is 0 Å². The average Bonchev–Trinajstić information content (AvgIpc) is 3.94. The van der Waals surface area contributed by atoms with Crippen LogP contribution in [0.1, 0.15) is 0 Å². The van der Waals surface area contributed by atoms with Gasteiger partial charge in [0.25, 0.3) is 0 Å². The third-order valence-corrected chi connectivity index (χ3v) is 12.9. The molecule has 310 valence electrons. The number of hydrogen-bond donors (Lipinski definition) is 0. The fourth-order valence-electron chi connectivity index (χ4n) is 9.76. The van der Waals surface area contributed by atoms with Crippen LogP contribution in [0.4, 0.5) is 34.1 Å². The Morgan fingerprint density at radius 2 is 0.591 bits per heavy atom. The van der Waals surface area contributed by atoms with E-state index in [4.69, 9.17) is 8.83 Å². The summed E-state index contributed by atoms with van der Waals surface area (Å²) in [5.41, 5.74) is 14.4. The fraction of sp³-hybridized carbons (Fsp3) is 0. The summed E-state index contributed by atoms with van der Waals surface area (Å²) in [5.74, 6) is 0. The number of hydrogen-bond acceptors (Lipinski definition) is 4. The molecule has 0 fully saturated rings. The molecule has 0 aliphatic rings. The number of anilines is 6. The Balaban J connectivity index is 0.903. The standard InChI is InChI=1S/C62H40N2O2/c1-5-15-41(16-6-1)43-19-13-25-51(33-43)63(49-21-9-3-10-22-49)53-29-27-45-37-57-55-31-32-56-58-38-46-28-30-54(36-48(46)40-60(58)66-62(56)61(55)65-59(57)39-47(45)35-53)64(50-23-11-4-12-24-50)52-26-14-20-44(34-52)42-17-7-2-8-18-42/h1-40H. The quantitative estimate of drug-likeness (QED) is 0.153. The van der Waals surface area contributed by atoms with Crippen LogP contribution >= 0.6 is 0 Å². The second kappa shape index (κ2) is 15.4. The van der Waals surface area contributed by atoms with Crippen LogP contribution in [0.5, 0.6) is 0 Å². The minimum Gasteiger partial charge on any atom is -0.452 e. The van der Waals surface area contributed by atoms with Crippen molar-refractivity contribution in [1.29, 1.82) is 0 Å². The summed E-state index contributed by atoms with van der Waals surface area (Å²) in [6.45, 7) is 0. The molecule has 66 heavy (non-hydrogen) atoms. The van der Waals surface area contributed by atoms with Crippen LogP contribution in [0, 0.1) is 0 Å². The first-order valence-electron chi connectivity index (χ1n) is 22.4. The van der Waals surface area contributed by atoms with Gasteiger partial charge in [-0.05, 0) is 153 Å². The first kappa shape index (κ1) is 37.7. The molecule has 4 heteroatoms. The van der Waals surface area contributed by atoms with Gasteiger partial charge in [0.05, 0.1) is 0 Å². The summed E-state index contributed by atoms with van der Waals surface area (Å²) in [5, 5.41) is 8.68. The summed E-state index contributed by atoms with van der Waals surface area (Å²) in [6, 6.07) is 86.4. The lowest BCUT2D eigenvalue weighted by atomic mass is 10.0. The molecule has 0 radical (unpaired) electrons. The predicted octanol–water partition coefficient (Wildman–Crippen LogP) is 18.1. The molecule has 0 spiro atoms. The van der Waals surface area contributed by atoms with Gasteiger partial charge in [0, 0.05) is 55.7 Å². The second-order valence-corrected chi connectivity index (χ2v) is 17.0. The van der Waals surface area contributed by atoms with Gasteiger partial charge in [-0.1, -0.05) is 133 Å². The Bertz CT molecular complexity index is 3670. The molecule has 11 aromatic carbocycles. The molecule has 0 aliphatic heterocycles. The number of furan rings is 2. The average molecular weight is 845 g/mol. The Labute approximate surface area is 381 Å². The van der Waals surface area contributed by atoms with Crippen molar-refractivity contribution in [3.8, 4) is 22.3 Å². The molecular weight excluding hydrogens is 805 g/mol. The van der Waals surface area contributed by atoms with E-state index >= 15 is 0 Å². The molecule has 0 amide bonds. The van der Waals surface area contributed by atoms with Crippen LogP contribution in [-0.4, -0.2) is 0 Å². The van der Waals surface area contributed by atoms with Crippen LogP contribution in [0.3, 0.4) is 0 Å². The SMILES string of the molecule is c1ccc(-c2cccc(N(c3ccccc3)c3ccc4cc5c(cc4c3)oc3c5ccc4c5cc6ccc(N(c7ccccc7)c7cccc(-c8ccccc8)c7)cc6cc5oc43)c2)cc1. The Morgan fingerprint density at radius 1 is 0.227 bits per heavy atom. The zero-order valence-electron chi connectivity index (χ0n) is 35.8. The van der Waals surface area contributed by atoms with E-state index < -0.39 is 0 Å². The highest BCUT2D eigenvalue weighted by Gasteiger charge is 2.20. The van der Waals surface area contributed by atoms with E-state index in [9.17, 15) is 0 Å². The Kier molecular flexibility index (Phi) is 8.81. The van der Waals surface area contributed by atoms with E-state index in [1.165, 1.54) is 22.3 Å². The third kappa shape index (κ3) is 6.46. The van der Waals surface area contributed by atoms with Crippen molar-refractivity contribution in [3.63, 3.8) is 0 Å². The second-order valence-electron chi connectivity index (χ2n) is 17.0. The van der Waals surface area contributed by atoms with Crippen LogP contribution in [-0.2, 0) is 0 Å². The number of fused-ring (bicyclic) bond motifs is 9. The molecular formula is C62H40N2O2. The number of nitrogens with zero attached hydrogens (tertiary/aromatic N) is 2. The summed E-state index contributed by atoms with van der Waals surface area (Å²) >= 11 is 0. The van der Waals surface area contributed by atoms with Gasteiger partial charge in [-0.3, -0.25) is 0 Å². The summed E-state index contributed by atoms with van der Waals surface area (Å²) in [7, 11) is 0. The van der Waals surface area contributed by atoms with E-state index in [0.717, 1.165) is 99.5 Å². The minimum absolute atomic E-state index is 0.760. The maximum absolute atomic E-state index is 6.81. The van der Waals surface area contributed by atoms with Crippen molar-refractivity contribution in [1.82, 2.24) is 0 Å². The lowest BCUT2D eigenvalue weighted by Gasteiger charge is -2.26. The van der Waals surface area contributed by atoms with Crippen LogP contribution in [0.15, 0.2) is 251 Å². The van der Waals surface area contributed by atoms with E-state index in [-0.39, 0.29) is 0 Å². The zero-order chi connectivity index (χ0) is 43.6. The molecule has 0 saturated heterocycles. The third-order valence-electron chi connectivity index (χ3n) is 12.9. The van der Waals surface area contributed by atoms with Gasteiger partial charge in [0.2, 0.25) is 0 Å². The first-order chi connectivity index (χ1) is 32.7. The molecule has 0 atom stereocenters. The van der Waals surface area contributed by atoms with E-state index in [2.05, 4.69) is 252 Å². The van der Waals surface area contributed by atoms with Gasteiger partial charge in [0.1, 0.15) is 11.2 Å². The predicted molar refractivity (Wildman–Crippen MR) is 276 cm³/mol. The van der Waals surface area contributed by atoms with Crippen molar-refractivity contribution >= 4 is 99.5 Å². The number of benzene rings is 11. The van der Waals surface area contributed by atoms with Crippen LogP contribution < -0.4 is 9.80 Å². The van der Waals surface area contributed by atoms with Gasteiger partial charge in [0.15, 0.2) is 11.2 Å². The topological polar surface area (TPSA) is 32.8 Å². The zero-order valence-corrected chi connectivity index (χ0v) is 35.8. The highest BCUT2D eigenvalue weighted by molar-refractivity contribution is 6.21. The van der Waals surface area contributed by atoms with Crippen molar-refractivity contribution < 1.29 is 8.83 Å². The van der Waals surface area contributed by atoms with Crippen LogP contribution in [0.2, 0.25) is 0 Å². The van der Waals surface area contributed by atoms with E-state index in [1.807, 2.05) is 0 Å². The molecule has 2 heterocycles. The molecule has 0 aliphatic carbocycles. The van der Waals surface area contributed by atoms with E-state index in [0.29, 0.717) is 0 Å². The Hall–Kier alpha value is -8.86. The van der Waals surface area contributed by atoms with Crippen molar-refractivity contribution in [3.05, 3.63) is 243 Å². The van der Waals surface area contributed by atoms with Gasteiger partial charge in [-0.25, -0.2) is 0 Å². The van der Waals surface area contributed by atoms with Gasteiger partial charge < -0.3 is 18.6 Å². The number of para-hydroxylation sites is 2. The highest BCUT2D eigenvalue weighted by atomic mass is 16.4. The summed E-state index contributed by atoms with van der Waals surface area (Å²) < 4.78 is 13.6. The smallest absolute Gasteiger partial charge is 0.178 e. The van der Waals surface area contributed by atoms with E-state index in [1.54, 1.807) is 0 Å². The van der Waals surface area contributed by atoms with Gasteiger partial charge in [-0.2, -0.15) is 0 Å². The fourth-order valence-corrected chi connectivity index (χ4v) is 9.76. The lowest BCUT2D eigenvalue weighted by molar-refractivity contribution is 0.634. The normalized spacial score (nSPS) is 11.6. The molecule has 13 aromatic rings. The van der Waals surface area contributed by atoms with Crippen molar-refractivity contribution in [2.75, 3.05) is 9.80 Å². The molecule has 0 N–H and O–H groups in total. The first-order valence-corrected chi connectivity index (χ1v) is 22.4. The molecule has 0 unspecified atom stereocenters. The molecule has 4 nitrogen and oxygen atoms in total. The van der Waals surface area contributed by atoms with Crippen molar-refractivity contribution in [2.24, 2.45) is 0 Å². The molecule has 0 saturated carbocycles. The van der Waals surface area contributed by atoms with Gasteiger partial charge in [-0.15, -0.1) is 0 Å². The number of rotatable bonds is 8. The Morgan fingerprint density at radius 3 is 1.02 bits per heavy atom. The molecule has 13 rings (SSSR count). The highest BCUT2D eigenvalue weighted by Crippen LogP contribution is 2.44.